The van der Waals surface area contributed by atoms with Crippen LogP contribution < -0.4 is 5.32 Å². The zero-order valence-electron chi connectivity index (χ0n) is 11.1. The van der Waals surface area contributed by atoms with Crippen molar-refractivity contribution in [3.8, 4) is 0 Å². The summed E-state index contributed by atoms with van der Waals surface area (Å²) >= 11 is 0. The number of ether oxygens (including phenoxy) is 1. The highest BCUT2D eigenvalue weighted by molar-refractivity contribution is 5.70. The number of rotatable bonds is 4. The lowest BCUT2D eigenvalue weighted by molar-refractivity contribution is -0.141. The van der Waals surface area contributed by atoms with E-state index in [-0.39, 0.29) is 17.6 Å². The standard InChI is InChI=1S/C15H19NO3/c1-19-15(6-7-15)12-5-3-2-4-11(12)13-8-10(9-16-13)14(17)18/h2-5,10,13,16H,6-9H2,1H3,(H,17,18). The van der Waals surface area contributed by atoms with Gasteiger partial charge in [0.1, 0.15) is 0 Å². The van der Waals surface area contributed by atoms with Crippen LogP contribution in [0.15, 0.2) is 24.3 Å². The fourth-order valence-corrected chi connectivity index (χ4v) is 3.07. The Morgan fingerprint density at radius 3 is 2.74 bits per heavy atom. The molecule has 3 rings (SSSR count). The van der Waals surface area contributed by atoms with E-state index in [1.807, 2.05) is 12.1 Å². The van der Waals surface area contributed by atoms with E-state index in [4.69, 9.17) is 9.84 Å². The van der Waals surface area contributed by atoms with Gasteiger partial charge in [-0.25, -0.2) is 0 Å². The minimum Gasteiger partial charge on any atom is -0.481 e. The van der Waals surface area contributed by atoms with Crippen LogP contribution in [0, 0.1) is 5.92 Å². The molecular weight excluding hydrogens is 242 g/mol. The SMILES string of the molecule is COC1(c2ccccc2C2CC(C(=O)O)CN2)CC1. The largest absolute Gasteiger partial charge is 0.481 e. The lowest BCUT2D eigenvalue weighted by Crippen LogP contribution is -2.20. The molecule has 1 heterocycles. The van der Waals surface area contributed by atoms with Gasteiger partial charge in [0.05, 0.1) is 11.5 Å². The van der Waals surface area contributed by atoms with E-state index in [2.05, 4.69) is 17.4 Å². The summed E-state index contributed by atoms with van der Waals surface area (Å²) in [6, 6.07) is 8.38. The summed E-state index contributed by atoms with van der Waals surface area (Å²) in [4.78, 5) is 11.1. The molecule has 1 saturated carbocycles. The third kappa shape index (κ3) is 2.15. The summed E-state index contributed by atoms with van der Waals surface area (Å²) in [7, 11) is 1.76. The summed E-state index contributed by atoms with van der Waals surface area (Å²) in [6.07, 6.45) is 2.76. The summed E-state index contributed by atoms with van der Waals surface area (Å²) in [6.45, 7) is 0.550. The number of nitrogens with one attached hydrogen (secondary N) is 1. The molecule has 1 aromatic rings. The van der Waals surface area contributed by atoms with Gasteiger partial charge >= 0.3 is 5.97 Å². The highest BCUT2D eigenvalue weighted by Gasteiger charge is 2.47. The molecule has 2 N–H and O–H groups in total. The number of carboxylic acids is 1. The Balaban J connectivity index is 1.88. The summed E-state index contributed by atoms with van der Waals surface area (Å²) < 4.78 is 5.67. The van der Waals surface area contributed by atoms with Crippen LogP contribution in [-0.4, -0.2) is 24.7 Å². The first kappa shape index (κ1) is 12.6. The molecule has 1 aliphatic heterocycles. The molecule has 2 unspecified atom stereocenters. The third-order valence-electron chi connectivity index (χ3n) is 4.40. The molecule has 0 bridgehead atoms. The maximum atomic E-state index is 11.1. The highest BCUT2D eigenvalue weighted by atomic mass is 16.5. The van der Waals surface area contributed by atoms with Gasteiger partial charge in [0.2, 0.25) is 0 Å². The number of hydrogen-bond donors (Lipinski definition) is 2. The topological polar surface area (TPSA) is 58.6 Å². The Hall–Kier alpha value is -1.39. The first-order valence-corrected chi connectivity index (χ1v) is 6.77. The maximum absolute atomic E-state index is 11.1. The number of hydrogen-bond acceptors (Lipinski definition) is 3. The Labute approximate surface area is 112 Å². The number of carboxylic acid groups (broad SMARTS) is 1. The van der Waals surface area contributed by atoms with E-state index < -0.39 is 5.97 Å². The van der Waals surface area contributed by atoms with Crippen LogP contribution in [0.2, 0.25) is 0 Å². The van der Waals surface area contributed by atoms with Crippen molar-refractivity contribution >= 4 is 5.97 Å². The van der Waals surface area contributed by atoms with Gasteiger partial charge in [-0.2, -0.15) is 0 Å². The Kier molecular flexibility index (Phi) is 3.07. The molecule has 102 valence electrons. The Bertz CT molecular complexity index is 496. The number of carbonyl (C=O) groups is 1. The normalized spacial score (nSPS) is 28.3. The average molecular weight is 261 g/mol. The van der Waals surface area contributed by atoms with Crippen molar-refractivity contribution in [1.82, 2.24) is 5.32 Å². The van der Waals surface area contributed by atoms with E-state index in [1.165, 1.54) is 11.1 Å². The number of aliphatic carboxylic acids is 1. The van der Waals surface area contributed by atoms with Crippen molar-refractivity contribution < 1.29 is 14.6 Å². The van der Waals surface area contributed by atoms with Crippen molar-refractivity contribution in [3.63, 3.8) is 0 Å². The molecule has 19 heavy (non-hydrogen) atoms. The van der Waals surface area contributed by atoms with Crippen LogP contribution in [-0.2, 0) is 15.1 Å². The quantitative estimate of drug-likeness (QED) is 0.871. The molecule has 2 atom stereocenters. The summed E-state index contributed by atoms with van der Waals surface area (Å²) in [5.41, 5.74) is 2.30. The predicted octanol–water partition coefficient (Wildman–Crippen LogP) is 2.06. The van der Waals surface area contributed by atoms with E-state index in [0.29, 0.717) is 13.0 Å². The minimum atomic E-state index is -0.708. The first-order chi connectivity index (χ1) is 9.16. The average Bonchev–Trinajstić information content (AvgIpc) is 3.07. The molecule has 1 aromatic carbocycles. The molecule has 2 aliphatic rings. The van der Waals surface area contributed by atoms with Crippen molar-refractivity contribution in [2.24, 2.45) is 5.92 Å². The van der Waals surface area contributed by atoms with Gasteiger partial charge in [0.25, 0.3) is 0 Å². The van der Waals surface area contributed by atoms with E-state index in [9.17, 15) is 4.79 Å². The lowest BCUT2D eigenvalue weighted by Gasteiger charge is -2.22. The maximum Gasteiger partial charge on any atom is 0.307 e. The molecule has 0 spiro atoms. The van der Waals surface area contributed by atoms with Crippen LogP contribution in [0.4, 0.5) is 0 Å². The minimum absolute atomic E-state index is 0.125. The van der Waals surface area contributed by atoms with Crippen LogP contribution >= 0.6 is 0 Å². The highest BCUT2D eigenvalue weighted by Crippen LogP contribution is 2.51. The summed E-state index contributed by atoms with van der Waals surface area (Å²) in [5.74, 6) is -0.990. The van der Waals surface area contributed by atoms with Crippen molar-refractivity contribution in [3.05, 3.63) is 35.4 Å². The Morgan fingerprint density at radius 2 is 2.16 bits per heavy atom. The fourth-order valence-electron chi connectivity index (χ4n) is 3.07. The molecule has 4 nitrogen and oxygen atoms in total. The molecule has 0 amide bonds. The summed E-state index contributed by atoms with van der Waals surface area (Å²) in [5, 5.41) is 12.4. The second-order valence-corrected chi connectivity index (χ2v) is 5.52. The van der Waals surface area contributed by atoms with E-state index in [1.54, 1.807) is 7.11 Å². The van der Waals surface area contributed by atoms with Crippen LogP contribution in [0.1, 0.15) is 36.4 Å². The second-order valence-electron chi connectivity index (χ2n) is 5.52. The molecule has 1 saturated heterocycles. The van der Waals surface area contributed by atoms with E-state index in [0.717, 1.165) is 12.8 Å². The van der Waals surface area contributed by atoms with Gasteiger partial charge in [-0.1, -0.05) is 24.3 Å². The number of benzene rings is 1. The molecular formula is C15H19NO3. The van der Waals surface area contributed by atoms with Crippen molar-refractivity contribution in [2.45, 2.75) is 30.9 Å². The molecule has 4 heteroatoms. The molecule has 0 aromatic heterocycles. The van der Waals surface area contributed by atoms with Gasteiger partial charge < -0.3 is 15.2 Å². The first-order valence-electron chi connectivity index (χ1n) is 6.77. The van der Waals surface area contributed by atoms with Gasteiger partial charge in [-0.05, 0) is 30.4 Å². The molecule has 0 radical (unpaired) electrons. The zero-order chi connectivity index (χ0) is 13.5. The van der Waals surface area contributed by atoms with E-state index >= 15 is 0 Å². The van der Waals surface area contributed by atoms with Crippen molar-refractivity contribution in [2.75, 3.05) is 13.7 Å². The van der Waals surface area contributed by atoms with Crippen LogP contribution in [0.3, 0.4) is 0 Å². The van der Waals surface area contributed by atoms with Crippen molar-refractivity contribution in [1.29, 1.82) is 0 Å². The molecule has 2 fully saturated rings. The smallest absolute Gasteiger partial charge is 0.307 e. The van der Waals surface area contributed by atoms with Crippen LogP contribution in [0.5, 0.6) is 0 Å². The van der Waals surface area contributed by atoms with Crippen LogP contribution in [0.25, 0.3) is 0 Å². The third-order valence-corrected chi connectivity index (χ3v) is 4.40. The Morgan fingerprint density at radius 1 is 1.42 bits per heavy atom. The monoisotopic (exact) mass is 261 g/mol. The predicted molar refractivity (Wildman–Crippen MR) is 70.8 cm³/mol. The fraction of sp³-hybridized carbons (Fsp3) is 0.533. The zero-order valence-corrected chi connectivity index (χ0v) is 11.1. The number of methoxy groups -OCH3 is 1. The second kappa shape index (κ2) is 4.62. The lowest BCUT2D eigenvalue weighted by atomic mass is 9.92. The molecule has 1 aliphatic carbocycles. The van der Waals surface area contributed by atoms with Gasteiger partial charge in [-0.15, -0.1) is 0 Å². The van der Waals surface area contributed by atoms with Gasteiger partial charge in [0, 0.05) is 19.7 Å². The van der Waals surface area contributed by atoms with Gasteiger partial charge in [0.15, 0.2) is 0 Å². The van der Waals surface area contributed by atoms with Gasteiger partial charge in [-0.3, -0.25) is 4.79 Å².